The van der Waals surface area contributed by atoms with E-state index < -0.39 is 24.1 Å². The number of nitrogens with two attached hydrogens (primary N) is 1. The first-order valence-corrected chi connectivity index (χ1v) is 4.05. The SMILES string of the molecule is CC(C)[C@H](OC(=O)[C@H](C)N)C(=O)O.O. The summed E-state index contributed by atoms with van der Waals surface area (Å²) in [5.41, 5.74) is 5.22. The minimum atomic E-state index is -1.15. The Morgan fingerprint density at radius 1 is 1.29 bits per heavy atom. The predicted octanol–water partition coefficient (Wildman–Crippen LogP) is -0.839. The summed E-state index contributed by atoms with van der Waals surface area (Å²) in [4.78, 5) is 21.5. The minimum absolute atomic E-state index is 0. The summed E-state index contributed by atoms with van der Waals surface area (Å²) in [5, 5.41) is 8.66. The standard InChI is InChI=1S/C8H15NO4.H2O/c1-4(2)6(7(10)11)13-8(12)5(3)9;/h4-6H,9H2,1-3H3,(H,10,11);1H2/t5-,6-;/m0./s1. The summed E-state index contributed by atoms with van der Waals surface area (Å²) >= 11 is 0. The number of hydrogen-bond donors (Lipinski definition) is 2. The Bertz CT molecular complexity index is 202. The Kier molecular flexibility index (Phi) is 6.94. The summed E-state index contributed by atoms with van der Waals surface area (Å²) in [5.74, 6) is -2.11. The van der Waals surface area contributed by atoms with Crippen LogP contribution in [0.25, 0.3) is 0 Å². The normalized spacial score (nSPS) is 14.1. The summed E-state index contributed by atoms with van der Waals surface area (Å²) in [6.45, 7) is 4.77. The van der Waals surface area contributed by atoms with Gasteiger partial charge in [0, 0.05) is 5.92 Å². The molecule has 84 valence electrons. The maximum Gasteiger partial charge on any atom is 0.345 e. The fourth-order valence-electron chi connectivity index (χ4n) is 0.704. The molecule has 6 nitrogen and oxygen atoms in total. The molecule has 0 spiro atoms. The molecule has 5 N–H and O–H groups in total. The van der Waals surface area contributed by atoms with Crippen molar-refractivity contribution in [3.05, 3.63) is 0 Å². The van der Waals surface area contributed by atoms with Crippen molar-refractivity contribution in [1.29, 1.82) is 0 Å². The van der Waals surface area contributed by atoms with Gasteiger partial charge in [0.25, 0.3) is 0 Å². The molecule has 0 radical (unpaired) electrons. The van der Waals surface area contributed by atoms with Gasteiger partial charge in [-0.15, -0.1) is 0 Å². The monoisotopic (exact) mass is 207 g/mol. The Morgan fingerprint density at radius 3 is 1.93 bits per heavy atom. The maximum absolute atomic E-state index is 11.0. The van der Waals surface area contributed by atoms with Gasteiger partial charge in [0.2, 0.25) is 6.10 Å². The van der Waals surface area contributed by atoms with Gasteiger partial charge < -0.3 is 21.1 Å². The van der Waals surface area contributed by atoms with Gasteiger partial charge in [-0.3, -0.25) is 4.79 Å². The second-order valence-electron chi connectivity index (χ2n) is 3.23. The summed E-state index contributed by atoms with van der Waals surface area (Å²) in [7, 11) is 0. The van der Waals surface area contributed by atoms with Gasteiger partial charge in [0.15, 0.2) is 0 Å². The van der Waals surface area contributed by atoms with Crippen LogP contribution in [0.15, 0.2) is 0 Å². The molecule has 0 amide bonds. The van der Waals surface area contributed by atoms with Crippen LogP contribution in [0.5, 0.6) is 0 Å². The zero-order chi connectivity index (χ0) is 10.6. The highest BCUT2D eigenvalue weighted by molar-refractivity contribution is 5.80. The molecular weight excluding hydrogens is 190 g/mol. The summed E-state index contributed by atoms with van der Waals surface area (Å²) < 4.78 is 4.67. The number of carbonyl (C=O) groups excluding carboxylic acids is 1. The van der Waals surface area contributed by atoms with Crippen molar-refractivity contribution in [3.8, 4) is 0 Å². The summed E-state index contributed by atoms with van der Waals surface area (Å²) in [6, 6.07) is -0.791. The van der Waals surface area contributed by atoms with Gasteiger partial charge in [-0.25, -0.2) is 4.79 Å². The lowest BCUT2D eigenvalue weighted by molar-refractivity contribution is -0.167. The van der Waals surface area contributed by atoms with E-state index in [9.17, 15) is 9.59 Å². The number of carboxylic acids is 1. The molecule has 0 aromatic carbocycles. The van der Waals surface area contributed by atoms with E-state index in [-0.39, 0.29) is 11.4 Å². The van der Waals surface area contributed by atoms with Crippen LogP contribution < -0.4 is 5.73 Å². The number of aliphatic carboxylic acids is 1. The molecule has 0 saturated heterocycles. The smallest absolute Gasteiger partial charge is 0.345 e. The van der Waals surface area contributed by atoms with E-state index in [2.05, 4.69) is 4.74 Å². The lowest BCUT2D eigenvalue weighted by atomic mass is 10.1. The van der Waals surface area contributed by atoms with Crippen LogP contribution in [-0.2, 0) is 14.3 Å². The highest BCUT2D eigenvalue weighted by Crippen LogP contribution is 2.07. The molecule has 6 heteroatoms. The topological polar surface area (TPSA) is 121 Å². The molecule has 0 aliphatic carbocycles. The molecule has 2 atom stereocenters. The average molecular weight is 207 g/mol. The van der Waals surface area contributed by atoms with Gasteiger partial charge in [-0.1, -0.05) is 13.8 Å². The maximum atomic E-state index is 11.0. The highest BCUT2D eigenvalue weighted by Gasteiger charge is 2.26. The molecule has 0 bridgehead atoms. The van der Waals surface area contributed by atoms with E-state index in [0.29, 0.717) is 0 Å². The molecule has 0 aromatic heterocycles. The van der Waals surface area contributed by atoms with Crippen molar-refractivity contribution >= 4 is 11.9 Å². The summed E-state index contributed by atoms with van der Waals surface area (Å²) in [6.07, 6.45) is -1.11. The largest absolute Gasteiger partial charge is 0.478 e. The van der Waals surface area contributed by atoms with Crippen molar-refractivity contribution < 1.29 is 24.9 Å². The third kappa shape index (κ3) is 4.78. The lowest BCUT2D eigenvalue weighted by Gasteiger charge is -2.17. The van der Waals surface area contributed by atoms with Crippen LogP contribution in [0.4, 0.5) is 0 Å². The molecule has 0 aliphatic rings. The van der Waals surface area contributed by atoms with Crippen molar-refractivity contribution in [2.75, 3.05) is 0 Å². The van der Waals surface area contributed by atoms with Gasteiger partial charge >= 0.3 is 11.9 Å². The van der Waals surface area contributed by atoms with Gasteiger partial charge in [0.05, 0.1) is 0 Å². The van der Waals surface area contributed by atoms with Crippen molar-refractivity contribution in [2.45, 2.75) is 32.9 Å². The molecule has 0 saturated carbocycles. The second kappa shape index (κ2) is 6.33. The zero-order valence-corrected chi connectivity index (χ0v) is 8.48. The van der Waals surface area contributed by atoms with Gasteiger partial charge in [0.1, 0.15) is 6.04 Å². The third-order valence-electron chi connectivity index (χ3n) is 1.46. The van der Waals surface area contributed by atoms with E-state index in [0.717, 1.165) is 0 Å². The van der Waals surface area contributed by atoms with Crippen LogP contribution in [0.1, 0.15) is 20.8 Å². The lowest BCUT2D eigenvalue weighted by Crippen LogP contribution is -2.38. The molecule has 0 aliphatic heterocycles. The van der Waals surface area contributed by atoms with Crippen LogP contribution in [0.2, 0.25) is 0 Å². The van der Waals surface area contributed by atoms with Crippen LogP contribution in [0, 0.1) is 5.92 Å². The van der Waals surface area contributed by atoms with Crippen molar-refractivity contribution in [2.24, 2.45) is 11.7 Å². The quantitative estimate of drug-likeness (QED) is 0.582. The van der Waals surface area contributed by atoms with Gasteiger partial charge in [-0.05, 0) is 6.92 Å². The van der Waals surface area contributed by atoms with E-state index in [1.807, 2.05) is 0 Å². The fourth-order valence-corrected chi connectivity index (χ4v) is 0.704. The first-order valence-electron chi connectivity index (χ1n) is 4.05. The molecule has 0 heterocycles. The van der Waals surface area contributed by atoms with E-state index in [4.69, 9.17) is 10.8 Å². The third-order valence-corrected chi connectivity index (χ3v) is 1.46. The Hall–Kier alpha value is -1.14. The van der Waals surface area contributed by atoms with Crippen LogP contribution in [-0.4, -0.2) is 34.7 Å². The Balaban J connectivity index is 0. The number of carbonyl (C=O) groups is 2. The van der Waals surface area contributed by atoms with Crippen LogP contribution in [0.3, 0.4) is 0 Å². The highest BCUT2D eigenvalue weighted by atomic mass is 16.6. The Morgan fingerprint density at radius 2 is 1.71 bits per heavy atom. The minimum Gasteiger partial charge on any atom is -0.478 e. The molecular formula is C8H17NO5. The van der Waals surface area contributed by atoms with Gasteiger partial charge in [-0.2, -0.15) is 0 Å². The van der Waals surface area contributed by atoms with E-state index >= 15 is 0 Å². The van der Waals surface area contributed by atoms with Crippen molar-refractivity contribution in [3.63, 3.8) is 0 Å². The number of carboxylic acid groups (broad SMARTS) is 1. The first-order chi connectivity index (χ1) is 5.86. The number of rotatable bonds is 4. The molecule has 0 aromatic rings. The zero-order valence-electron chi connectivity index (χ0n) is 8.48. The Labute approximate surface area is 82.3 Å². The molecule has 0 fully saturated rings. The average Bonchev–Trinajstić information content (AvgIpc) is 1.97. The number of ether oxygens (including phenoxy) is 1. The fraction of sp³-hybridized carbons (Fsp3) is 0.750. The van der Waals surface area contributed by atoms with Crippen molar-refractivity contribution in [1.82, 2.24) is 0 Å². The first kappa shape index (κ1) is 15.3. The second-order valence-corrected chi connectivity index (χ2v) is 3.23. The molecule has 14 heavy (non-hydrogen) atoms. The van der Waals surface area contributed by atoms with Crippen LogP contribution >= 0.6 is 0 Å². The van der Waals surface area contributed by atoms with E-state index in [1.165, 1.54) is 6.92 Å². The number of esters is 1. The number of hydrogen-bond acceptors (Lipinski definition) is 4. The predicted molar refractivity (Wildman–Crippen MR) is 49.6 cm³/mol. The molecule has 0 unspecified atom stereocenters. The van der Waals surface area contributed by atoms with E-state index in [1.54, 1.807) is 13.8 Å². The molecule has 0 rings (SSSR count).